The zero-order valence-corrected chi connectivity index (χ0v) is 16.1. The topological polar surface area (TPSA) is 3.88 Å². The van der Waals surface area contributed by atoms with E-state index in [4.69, 9.17) is 0 Å². The van der Waals surface area contributed by atoms with Crippen molar-refractivity contribution in [2.24, 2.45) is 0 Å². The van der Waals surface area contributed by atoms with Crippen molar-refractivity contribution in [1.29, 1.82) is 0 Å². The molecule has 132 valence electrons. The summed E-state index contributed by atoms with van der Waals surface area (Å²) >= 11 is 1.92. The molecule has 1 aliphatic carbocycles. The number of fused-ring (bicyclic) bond motifs is 1. The lowest BCUT2D eigenvalue weighted by atomic mass is 9.95. The highest BCUT2D eigenvalue weighted by atomic mass is 32.1. The molecule has 1 heterocycles. The number of benzene rings is 3. The summed E-state index contributed by atoms with van der Waals surface area (Å²) in [4.78, 5) is 1.56. The van der Waals surface area contributed by atoms with Crippen molar-refractivity contribution >= 4 is 11.3 Å². The molecule has 0 bridgehead atoms. The highest BCUT2D eigenvalue weighted by Crippen LogP contribution is 2.34. The molecule has 0 radical (unpaired) electrons. The largest absolute Gasteiger partial charge is 0.231 e. The number of rotatable bonds is 3. The number of nitrogens with zero attached hydrogens (tertiary/aromatic N) is 1. The number of hydrogen-bond donors (Lipinski definition) is 0. The van der Waals surface area contributed by atoms with Crippen LogP contribution in [0.5, 0.6) is 0 Å². The third kappa shape index (κ3) is 3.00. The Hall–Kier alpha value is -2.71. The van der Waals surface area contributed by atoms with Gasteiger partial charge in [-0.1, -0.05) is 78.1 Å². The van der Waals surface area contributed by atoms with Crippen molar-refractivity contribution in [1.82, 2.24) is 0 Å². The minimum absolute atomic E-state index is 1.18. The first-order valence-corrected chi connectivity index (χ1v) is 10.5. The smallest absolute Gasteiger partial charge is 0.153 e. The Morgan fingerprint density at radius 1 is 0.630 bits per heavy atom. The lowest BCUT2D eigenvalue weighted by molar-refractivity contribution is -0.598. The van der Waals surface area contributed by atoms with Crippen molar-refractivity contribution < 1.29 is 4.57 Å². The molecule has 0 spiro atoms. The molecule has 0 unspecified atom stereocenters. The molecule has 1 aromatic heterocycles. The highest BCUT2D eigenvalue weighted by Gasteiger charge is 2.29. The Morgan fingerprint density at radius 3 is 1.85 bits per heavy atom. The van der Waals surface area contributed by atoms with Crippen LogP contribution in [0.2, 0.25) is 0 Å². The average molecular weight is 369 g/mol. The van der Waals surface area contributed by atoms with E-state index in [1.54, 1.807) is 4.88 Å². The van der Waals surface area contributed by atoms with Gasteiger partial charge in [-0.2, -0.15) is 4.57 Å². The number of para-hydroxylation sites is 1. The molecule has 0 saturated heterocycles. The molecule has 0 N–H and O–H groups in total. The van der Waals surface area contributed by atoms with Crippen LogP contribution in [0, 0.1) is 0 Å². The van der Waals surface area contributed by atoms with Crippen LogP contribution in [0.4, 0.5) is 0 Å². The molecule has 5 rings (SSSR count). The lowest BCUT2D eigenvalue weighted by Crippen LogP contribution is -2.35. The second-order valence-electron chi connectivity index (χ2n) is 7.10. The van der Waals surface area contributed by atoms with E-state index in [9.17, 15) is 0 Å². The van der Waals surface area contributed by atoms with E-state index < -0.39 is 0 Å². The molecule has 0 saturated carbocycles. The number of thiazole rings is 1. The lowest BCUT2D eigenvalue weighted by Gasteiger charge is -2.13. The van der Waals surface area contributed by atoms with Gasteiger partial charge in [-0.25, -0.2) is 0 Å². The van der Waals surface area contributed by atoms with E-state index in [0.29, 0.717) is 0 Å². The summed E-state index contributed by atoms with van der Waals surface area (Å²) in [7, 11) is 0. The van der Waals surface area contributed by atoms with Crippen LogP contribution in [0.1, 0.15) is 23.4 Å². The Morgan fingerprint density at radius 2 is 1.22 bits per heavy atom. The van der Waals surface area contributed by atoms with Gasteiger partial charge in [0.1, 0.15) is 0 Å². The molecule has 2 heteroatoms. The van der Waals surface area contributed by atoms with Gasteiger partial charge < -0.3 is 0 Å². The normalized spacial score (nSPS) is 13.3. The zero-order valence-electron chi connectivity index (χ0n) is 15.3. The monoisotopic (exact) mass is 368 g/mol. The first-order valence-electron chi connectivity index (χ1n) is 9.67. The maximum atomic E-state index is 2.48. The van der Waals surface area contributed by atoms with Crippen LogP contribution in [-0.4, -0.2) is 0 Å². The minimum Gasteiger partial charge on any atom is -0.153 e. The predicted molar refractivity (Wildman–Crippen MR) is 113 cm³/mol. The van der Waals surface area contributed by atoms with Crippen molar-refractivity contribution in [3.05, 3.63) is 94.9 Å². The van der Waals surface area contributed by atoms with Gasteiger partial charge in [-0.05, 0) is 42.5 Å². The molecule has 1 nitrogen and oxygen atoms in total. The summed E-state index contributed by atoms with van der Waals surface area (Å²) in [5.74, 6) is 0. The molecular formula is C25H22NS+. The van der Waals surface area contributed by atoms with Gasteiger partial charge in [0.25, 0.3) is 0 Å². The van der Waals surface area contributed by atoms with Gasteiger partial charge in [0.15, 0.2) is 0 Å². The fourth-order valence-corrected chi connectivity index (χ4v) is 5.18. The maximum Gasteiger partial charge on any atom is 0.231 e. The Bertz CT molecular complexity index is 1010. The van der Waals surface area contributed by atoms with E-state index in [-0.39, 0.29) is 0 Å². The van der Waals surface area contributed by atoms with Crippen LogP contribution in [0.25, 0.3) is 27.9 Å². The quantitative estimate of drug-likeness (QED) is 0.377. The van der Waals surface area contributed by atoms with E-state index in [2.05, 4.69) is 88.9 Å². The van der Waals surface area contributed by atoms with E-state index in [1.807, 2.05) is 11.3 Å². The Labute approximate surface area is 164 Å². The molecular weight excluding hydrogens is 346 g/mol. The number of aromatic nitrogens is 1. The standard InChI is InChI=1S/C25H22NS/c1-3-10-19(11-4-1)21-14-9-15-22(20-12-5-2-6-13-20)25(21)26-18-27-24-17-8-7-16-23(24)26/h1-6,9-15,18H,7-8,16-17H2/q+1. The highest BCUT2D eigenvalue weighted by molar-refractivity contribution is 7.09. The summed E-state index contributed by atoms with van der Waals surface area (Å²) in [6, 6.07) is 28.3. The predicted octanol–water partition coefficient (Wildman–Crippen LogP) is 6.24. The third-order valence-electron chi connectivity index (χ3n) is 5.43. The molecule has 4 aromatic rings. The number of aryl methyl sites for hydroxylation is 1. The minimum atomic E-state index is 1.18. The molecule has 0 amide bonds. The molecule has 0 fully saturated rings. The Kier molecular flexibility index (Phi) is 4.35. The van der Waals surface area contributed by atoms with Gasteiger partial charge in [0.05, 0.1) is 16.0 Å². The number of hydrogen-bond acceptors (Lipinski definition) is 1. The Balaban J connectivity index is 1.80. The second-order valence-corrected chi connectivity index (χ2v) is 8.04. The van der Waals surface area contributed by atoms with E-state index in [1.165, 1.54) is 59.3 Å². The maximum absolute atomic E-state index is 2.48. The second kappa shape index (κ2) is 7.13. The summed E-state index contributed by atoms with van der Waals surface area (Å²) in [5, 5.41) is 0. The van der Waals surface area contributed by atoms with Crippen LogP contribution >= 0.6 is 11.3 Å². The molecule has 1 aliphatic rings. The first kappa shape index (κ1) is 16.5. The van der Waals surface area contributed by atoms with Gasteiger partial charge in [0.2, 0.25) is 16.9 Å². The molecule has 0 atom stereocenters. The summed E-state index contributed by atoms with van der Waals surface area (Å²) < 4.78 is 2.48. The van der Waals surface area contributed by atoms with Gasteiger partial charge >= 0.3 is 0 Å². The summed E-state index contributed by atoms with van der Waals surface area (Å²) in [5.41, 5.74) is 10.3. The van der Waals surface area contributed by atoms with Crippen molar-refractivity contribution in [3.63, 3.8) is 0 Å². The van der Waals surface area contributed by atoms with Gasteiger partial charge in [0, 0.05) is 6.42 Å². The molecule has 3 aromatic carbocycles. The molecule has 0 aliphatic heterocycles. The van der Waals surface area contributed by atoms with E-state index >= 15 is 0 Å². The summed E-state index contributed by atoms with van der Waals surface area (Å²) in [6.07, 6.45) is 5.01. The van der Waals surface area contributed by atoms with Crippen LogP contribution in [0.15, 0.2) is 84.4 Å². The molecule has 27 heavy (non-hydrogen) atoms. The fraction of sp³-hybridized carbons (Fsp3) is 0.160. The van der Waals surface area contributed by atoms with Crippen LogP contribution in [0.3, 0.4) is 0 Å². The third-order valence-corrected chi connectivity index (χ3v) is 6.47. The first-order chi connectivity index (χ1) is 13.4. The van der Waals surface area contributed by atoms with Crippen LogP contribution in [-0.2, 0) is 12.8 Å². The van der Waals surface area contributed by atoms with Crippen molar-refractivity contribution in [2.75, 3.05) is 0 Å². The summed E-state index contributed by atoms with van der Waals surface area (Å²) in [6.45, 7) is 0. The van der Waals surface area contributed by atoms with Crippen molar-refractivity contribution in [2.45, 2.75) is 25.7 Å². The van der Waals surface area contributed by atoms with E-state index in [0.717, 1.165) is 0 Å². The SMILES string of the molecule is c1ccc(-c2cccc(-c3ccccc3)c2-[n+]2csc3c2CCCC3)cc1. The average Bonchev–Trinajstić information content (AvgIpc) is 3.18. The fourth-order valence-electron chi connectivity index (χ4n) is 4.12. The van der Waals surface area contributed by atoms with Gasteiger partial charge in [-0.15, -0.1) is 0 Å². The zero-order chi connectivity index (χ0) is 18.1. The van der Waals surface area contributed by atoms with Gasteiger partial charge in [-0.3, -0.25) is 0 Å². The van der Waals surface area contributed by atoms with Crippen LogP contribution < -0.4 is 4.57 Å². The van der Waals surface area contributed by atoms with Crippen molar-refractivity contribution in [3.8, 4) is 27.9 Å².